The minimum atomic E-state index is -0.0198. The van der Waals surface area contributed by atoms with Crippen LogP contribution in [0.1, 0.15) is 18.4 Å². The molecule has 1 saturated heterocycles. The number of halogens is 1. The highest BCUT2D eigenvalue weighted by Crippen LogP contribution is 2.39. The molecule has 1 aliphatic rings. The van der Waals surface area contributed by atoms with Crippen molar-refractivity contribution < 1.29 is 4.74 Å². The molecule has 1 aromatic rings. The van der Waals surface area contributed by atoms with Gasteiger partial charge in [0, 0.05) is 16.9 Å². The van der Waals surface area contributed by atoms with E-state index in [1.54, 1.807) is 0 Å². The largest absolute Gasteiger partial charge is 0.379 e. The molecule has 0 atom stereocenters. The Morgan fingerprint density at radius 1 is 1.40 bits per heavy atom. The normalized spacial score (nSPS) is 17.9. The molecule has 0 radical (unpaired) electrons. The van der Waals surface area contributed by atoms with Crippen molar-refractivity contribution in [2.45, 2.75) is 18.3 Å². The summed E-state index contributed by atoms with van der Waals surface area (Å²) >= 11 is 6.16. The molecule has 0 saturated carbocycles. The van der Waals surface area contributed by atoms with Gasteiger partial charge in [0.2, 0.25) is 0 Å². The van der Waals surface area contributed by atoms with E-state index in [0.717, 1.165) is 17.0 Å². The van der Waals surface area contributed by atoms with Gasteiger partial charge in [0.05, 0.1) is 19.3 Å². The molecule has 3 heteroatoms. The Morgan fingerprint density at radius 2 is 2.13 bits per heavy atom. The number of hydrogen-bond acceptors (Lipinski definition) is 2. The van der Waals surface area contributed by atoms with Crippen LogP contribution in [0, 0.1) is 11.3 Å². The van der Waals surface area contributed by atoms with Crippen LogP contribution in [0.25, 0.3) is 0 Å². The predicted octanol–water partition coefficient (Wildman–Crippen LogP) is 2.91. The van der Waals surface area contributed by atoms with Crippen molar-refractivity contribution in [2.24, 2.45) is 0 Å². The summed E-state index contributed by atoms with van der Waals surface area (Å²) in [6.07, 6.45) is 1.38. The molecule has 0 N–H and O–H groups in total. The average Bonchev–Trinajstić information content (AvgIpc) is 2.19. The lowest BCUT2D eigenvalue weighted by molar-refractivity contribution is -0.0636. The molecule has 0 bridgehead atoms. The van der Waals surface area contributed by atoms with E-state index >= 15 is 0 Å². The van der Waals surface area contributed by atoms with E-state index in [0.29, 0.717) is 19.6 Å². The van der Waals surface area contributed by atoms with Crippen LogP contribution in [-0.4, -0.2) is 13.2 Å². The second kappa shape index (κ2) is 4.22. The second-order valence-electron chi connectivity index (χ2n) is 3.91. The summed E-state index contributed by atoms with van der Waals surface area (Å²) in [5.41, 5.74) is 1.10. The van der Waals surface area contributed by atoms with Crippen LogP contribution >= 0.6 is 11.6 Å². The van der Waals surface area contributed by atoms with Crippen LogP contribution in [0.3, 0.4) is 0 Å². The molecule has 1 aromatic carbocycles. The molecule has 0 aromatic heterocycles. The summed E-state index contributed by atoms with van der Waals surface area (Å²) in [7, 11) is 0. The van der Waals surface area contributed by atoms with E-state index in [4.69, 9.17) is 21.6 Å². The monoisotopic (exact) mass is 221 g/mol. The maximum absolute atomic E-state index is 8.64. The third kappa shape index (κ3) is 1.86. The molecule has 1 aliphatic heterocycles. The first-order chi connectivity index (χ1) is 7.28. The minimum absolute atomic E-state index is 0.0198. The van der Waals surface area contributed by atoms with Gasteiger partial charge in [-0.3, -0.25) is 0 Å². The van der Waals surface area contributed by atoms with Crippen molar-refractivity contribution in [2.75, 3.05) is 13.2 Å². The van der Waals surface area contributed by atoms with Crippen LogP contribution in [0.4, 0.5) is 0 Å². The molecule has 1 heterocycles. The molecule has 0 amide bonds. The Labute approximate surface area is 94.4 Å². The Balaban J connectivity index is 2.27. The topological polar surface area (TPSA) is 33.0 Å². The summed E-state index contributed by atoms with van der Waals surface area (Å²) in [6, 6.07) is 10.0. The molecule has 2 rings (SSSR count). The zero-order valence-corrected chi connectivity index (χ0v) is 9.13. The lowest BCUT2D eigenvalue weighted by Crippen LogP contribution is -2.46. The molecule has 0 aliphatic carbocycles. The maximum atomic E-state index is 8.64. The molecular formula is C12H12ClNO. The van der Waals surface area contributed by atoms with E-state index in [-0.39, 0.29) is 5.41 Å². The third-order valence-corrected chi connectivity index (χ3v) is 3.25. The highest BCUT2D eigenvalue weighted by molar-refractivity contribution is 6.31. The number of nitrogens with zero attached hydrogens (tertiary/aromatic N) is 1. The molecule has 78 valence electrons. The van der Waals surface area contributed by atoms with E-state index < -0.39 is 0 Å². The van der Waals surface area contributed by atoms with E-state index in [1.807, 2.05) is 24.3 Å². The first-order valence-electron chi connectivity index (χ1n) is 4.98. The van der Waals surface area contributed by atoms with Gasteiger partial charge in [-0.1, -0.05) is 29.8 Å². The summed E-state index contributed by atoms with van der Waals surface area (Å²) in [5.74, 6) is 0. The fourth-order valence-electron chi connectivity index (χ4n) is 1.97. The van der Waals surface area contributed by atoms with Crippen LogP contribution in [0.15, 0.2) is 24.3 Å². The summed E-state index contributed by atoms with van der Waals surface area (Å²) in [4.78, 5) is 0. The van der Waals surface area contributed by atoms with Gasteiger partial charge in [0.25, 0.3) is 0 Å². The van der Waals surface area contributed by atoms with Crippen LogP contribution in [-0.2, 0) is 10.2 Å². The standard InChI is InChI=1S/C12H12ClNO/c13-11-5-2-1-4-10(11)12(6-3-7-14)8-15-9-12/h1-2,4-5H,3,6,8-9H2. The fourth-order valence-corrected chi connectivity index (χ4v) is 2.31. The minimum Gasteiger partial charge on any atom is -0.379 e. The smallest absolute Gasteiger partial charge is 0.0622 e. The van der Waals surface area contributed by atoms with Crippen LogP contribution in [0.2, 0.25) is 5.02 Å². The zero-order valence-electron chi connectivity index (χ0n) is 8.37. The van der Waals surface area contributed by atoms with Crippen LogP contribution < -0.4 is 0 Å². The number of benzene rings is 1. The SMILES string of the molecule is N#CCCC1(c2ccccc2Cl)COC1. The van der Waals surface area contributed by atoms with E-state index in [2.05, 4.69) is 6.07 Å². The van der Waals surface area contributed by atoms with Gasteiger partial charge < -0.3 is 4.74 Å². The summed E-state index contributed by atoms with van der Waals surface area (Å²) in [5, 5.41) is 9.42. The van der Waals surface area contributed by atoms with Crippen molar-refractivity contribution in [1.82, 2.24) is 0 Å². The third-order valence-electron chi connectivity index (χ3n) is 2.92. The van der Waals surface area contributed by atoms with Crippen LogP contribution in [0.5, 0.6) is 0 Å². The van der Waals surface area contributed by atoms with Gasteiger partial charge in [-0.2, -0.15) is 5.26 Å². The number of ether oxygens (including phenoxy) is 1. The van der Waals surface area contributed by atoms with E-state index in [9.17, 15) is 0 Å². The fraction of sp³-hybridized carbons (Fsp3) is 0.417. The Hall–Kier alpha value is -1.04. The molecular weight excluding hydrogens is 210 g/mol. The van der Waals surface area contributed by atoms with Crippen molar-refractivity contribution in [3.8, 4) is 6.07 Å². The molecule has 0 unspecified atom stereocenters. The molecule has 2 nitrogen and oxygen atoms in total. The first-order valence-corrected chi connectivity index (χ1v) is 5.36. The van der Waals surface area contributed by atoms with Gasteiger partial charge in [-0.05, 0) is 18.1 Å². The maximum Gasteiger partial charge on any atom is 0.0622 e. The quantitative estimate of drug-likeness (QED) is 0.786. The van der Waals surface area contributed by atoms with Gasteiger partial charge in [-0.25, -0.2) is 0 Å². The van der Waals surface area contributed by atoms with Gasteiger partial charge in [0.15, 0.2) is 0 Å². The lowest BCUT2D eigenvalue weighted by Gasteiger charge is -2.42. The van der Waals surface area contributed by atoms with Crippen molar-refractivity contribution in [3.05, 3.63) is 34.9 Å². The Morgan fingerprint density at radius 3 is 2.67 bits per heavy atom. The molecule has 15 heavy (non-hydrogen) atoms. The molecule has 0 spiro atoms. The number of hydrogen-bond donors (Lipinski definition) is 0. The van der Waals surface area contributed by atoms with Gasteiger partial charge in [0.1, 0.15) is 0 Å². The Bertz CT molecular complexity index is 393. The van der Waals surface area contributed by atoms with Crippen molar-refractivity contribution >= 4 is 11.6 Å². The van der Waals surface area contributed by atoms with Gasteiger partial charge in [-0.15, -0.1) is 0 Å². The number of rotatable bonds is 3. The van der Waals surface area contributed by atoms with Gasteiger partial charge >= 0.3 is 0 Å². The van der Waals surface area contributed by atoms with E-state index in [1.165, 1.54) is 0 Å². The summed E-state index contributed by atoms with van der Waals surface area (Å²) in [6.45, 7) is 1.36. The second-order valence-corrected chi connectivity index (χ2v) is 4.32. The molecule has 1 fully saturated rings. The summed E-state index contributed by atoms with van der Waals surface area (Å²) < 4.78 is 5.28. The number of nitriles is 1. The predicted molar refractivity (Wildman–Crippen MR) is 58.8 cm³/mol. The zero-order chi connectivity index (χ0) is 10.7. The van der Waals surface area contributed by atoms with Crippen molar-refractivity contribution in [3.63, 3.8) is 0 Å². The van der Waals surface area contributed by atoms with Crippen molar-refractivity contribution in [1.29, 1.82) is 5.26 Å². The lowest BCUT2D eigenvalue weighted by atomic mass is 9.75. The average molecular weight is 222 g/mol. The highest BCUT2D eigenvalue weighted by Gasteiger charge is 2.40. The Kier molecular flexibility index (Phi) is 2.95. The first kappa shape index (κ1) is 10.5. The highest BCUT2D eigenvalue weighted by atomic mass is 35.5.